The van der Waals surface area contributed by atoms with E-state index in [-0.39, 0.29) is 30.0 Å². The number of aliphatic hydroxyl groups excluding tert-OH is 1. The molecule has 5 nitrogen and oxygen atoms in total. The van der Waals surface area contributed by atoms with Crippen molar-refractivity contribution < 1.29 is 24.1 Å². The monoisotopic (exact) mass is 396 g/mol. The number of carbonyl (C=O) groups excluding carboxylic acids is 1. The van der Waals surface area contributed by atoms with Gasteiger partial charge < -0.3 is 19.3 Å². The van der Waals surface area contributed by atoms with Crippen molar-refractivity contribution in [2.24, 2.45) is 11.8 Å². The zero-order valence-corrected chi connectivity index (χ0v) is 18.0. The van der Waals surface area contributed by atoms with Crippen LogP contribution in [0.1, 0.15) is 64.2 Å². The number of hydrogen-bond donors (Lipinski definition) is 1. The summed E-state index contributed by atoms with van der Waals surface area (Å²) in [6, 6.07) is 0. The van der Waals surface area contributed by atoms with Crippen LogP contribution in [0.4, 0.5) is 0 Å². The molecule has 0 heterocycles. The van der Waals surface area contributed by atoms with Crippen LogP contribution in [-0.2, 0) is 19.0 Å². The molecule has 4 atom stereocenters. The van der Waals surface area contributed by atoms with E-state index in [1.165, 1.54) is 26.4 Å². The Kier molecular flexibility index (Phi) is 14.0. The largest absolute Gasteiger partial charge is 0.469 e. The van der Waals surface area contributed by atoms with Crippen molar-refractivity contribution in [1.82, 2.24) is 0 Å². The Balaban J connectivity index is 2.38. The van der Waals surface area contributed by atoms with Crippen LogP contribution in [0.15, 0.2) is 24.3 Å². The highest BCUT2D eigenvalue weighted by molar-refractivity contribution is 5.69. The number of methoxy groups -OCH3 is 3. The minimum atomic E-state index is -0.326. The normalized spacial score (nSPS) is 25.1. The van der Waals surface area contributed by atoms with E-state index in [9.17, 15) is 9.90 Å². The van der Waals surface area contributed by atoms with Gasteiger partial charge in [-0.05, 0) is 44.4 Å². The van der Waals surface area contributed by atoms with E-state index in [4.69, 9.17) is 9.47 Å². The maximum atomic E-state index is 11.1. The summed E-state index contributed by atoms with van der Waals surface area (Å²) in [6.45, 7) is 0.850. The average molecular weight is 397 g/mol. The Morgan fingerprint density at radius 3 is 2.46 bits per heavy atom. The molecule has 0 bridgehead atoms. The summed E-state index contributed by atoms with van der Waals surface area (Å²) in [5, 5.41) is 10.5. The molecule has 162 valence electrons. The van der Waals surface area contributed by atoms with Crippen molar-refractivity contribution in [2.45, 2.75) is 76.4 Å². The zero-order chi connectivity index (χ0) is 20.6. The topological polar surface area (TPSA) is 65.0 Å². The Hall–Kier alpha value is -1.17. The molecule has 1 fully saturated rings. The van der Waals surface area contributed by atoms with E-state index in [0.29, 0.717) is 12.8 Å². The summed E-state index contributed by atoms with van der Waals surface area (Å²) in [5.41, 5.74) is 0. The van der Waals surface area contributed by atoms with Crippen LogP contribution in [0.3, 0.4) is 0 Å². The minimum Gasteiger partial charge on any atom is -0.469 e. The second-order valence-corrected chi connectivity index (χ2v) is 7.62. The molecule has 1 aliphatic carbocycles. The van der Waals surface area contributed by atoms with Gasteiger partial charge in [0.2, 0.25) is 0 Å². The molecule has 0 amide bonds. The van der Waals surface area contributed by atoms with Crippen LogP contribution < -0.4 is 0 Å². The second kappa shape index (κ2) is 15.7. The number of unbranched alkanes of at least 4 members (excludes halogenated alkanes) is 5. The van der Waals surface area contributed by atoms with Gasteiger partial charge in [-0.1, -0.05) is 37.1 Å². The van der Waals surface area contributed by atoms with Gasteiger partial charge in [0.1, 0.15) is 0 Å². The van der Waals surface area contributed by atoms with Crippen LogP contribution in [0, 0.1) is 11.8 Å². The Morgan fingerprint density at radius 1 is 1.00 bits per heavy atom. The third-order valence-corrected chi connectivity index (χ3v) is 5.58. The second-order valence-electron chi connectivity index (χ2n) is 7.62. The number of carbonyl (C=O) groups is 1. The molecule has 0 spiro atoms. The lowest BCUT2D eigenvalue weighted by Gasteiger charge is -2.20. The van der Waals surface area contributed by atoms with Crippen molar-refractivity contribution in [2.75, 3.05) is 27.9 Å². The van der Waals surface area contributed by atoms with Gasteiger partial charge in [0.05, 0.1) is 19.3 Å². The predicted octanol–water partition coefficient (Wildman–Crippen LogP) is 4.44. The lowest BCUT2D eigenvalue weighted by molar-refractivity contribution is -0.140. The first-order chi connectivity index (χ1) is 13.6. The average Bonchev–Trinajstić information content (AvgIpc) is 3.01. The van der Waals surface area contributed by atoms with Gasteiger partial charge in [-0.25, -0.2) is 0 Å². The van der Waals surface area contributed by atoms with Crippen molar-refractivity contribution in [1.29, 1.82) is 0 Å². The summed E-state index contributed by atoms with van der Waals surface area (Å²) in [6.07, 6.45) is 18.0. The smallest absolute Gasteiger partial charge is 0.305 e. The molecule has 1 rings (SSSR count). The Bertz CT molecular complexity index is 460. The number of allylic oxidation sites excluding steroid dienone is 3. The quantitative estimate of drug-likeness (QED) is 0.252. The molecule has 28 heavy (non-hydrogen) atoms. The number of hydrogen-bond acceptors (Lipinski definition) is 5. The summed E-state index contributed by atoms with van der Waals surface area (Å²) in [5.74, 6) is 0.291. The van der Waals surface area contributed by atoms with Crippen molar-refractivity contribution >= 4 is 5.97 Å². The number of rotatable bonds is 15. The molecule has 0 saturated heterocycles. The van der Waals surface area contributed by atoms with E-state index in [0.717, 1.165) is 38.7 Å². The SMILES string of the molecule is COCCCCCC/C=C/[C@@H]1C(C/C=C\CCCC(=O)OC)[C@@H](O)C[C@@H]1OC. The van der Waals surface area contributed by atoms with Gasteiger partial charge in [0, 0.05) is 39.6 Å². The summed E-state index contributed by atoms with van der Waals surface area (Å²) >= 11 is 0. The summed E-state index contributed by atoms with van der Waals surface area (Å²) in [7, 11) is 4.90. The number of aliphatic hydroxyl groups is 1. The Labute approximate surface area is 171 Å². The van der Waals surface area contributed by atoms with Gasteiger partial charge in [-0.3, -0.25) is 4.79 Å². The maximum Gasteiger partial charge on any atom is 0.305 e. The standard InChI is InChI=1S/C23H40O5/c1-26-17-13-9-5-4-6-11-15-20-19(21(24)18-22(20)27-2)14-10-7-8-12-16-23(25)28-3/h7,10-11,15,19-22,24H,4-6,8-9,12-14,16-18H2,1-3H3/b10-7-,15-11+/t19?,20-,21+,22+/m1/s1. The van der Waals surface area contributed by atoms with Crippen LogP contribution in [0.5, 0.6) is 0 Å². The highest BCUT2D eigenvalue weighted by atomic mass is 16.5. The van der Waals surface area contributed by atoms with E-state index in [2.05, 4.69) is 29.0 Å². The summed E-state index contributed by atoms with van der Waals surface area (Å²) < 4.78 is 15.4. The number of ether oxygens (including phenoxy) is 3. The van der Waals surface area contributed by atoms with Crippen molar-refractivity contribution in [3.05, 3.63) is 24.3 Å². The molecule has 0 aliphatic heterocycles. The maximum absolute atomic E-state index is 11.1. The minimum absolute atomic E-state index is 0.0886. The highest BCUT2D eigenvalue weighted by Gasteiger charge is 2.40. The van der Waals surface area contributed by atoms with Gasteiger partial charge in [-0.2, -0.15) is 0 Å². The molecule has 1 aliphatic rings. The predicted molar refractivity (Wildman–Crippen MR) is 112 cm³/mol. The van der Waals surface area contributed by atoms with Gasteiger partial charge >= 0.3 is 5.97 Å². The van der Waals surface area contributed by atoms with Gasteiger partial charge in [0.25, 0.3) is 0 Å². The first kappa shape index (κ1) is 24.9. The molecule has 1 N–H and O–H groups in total. The van der Waals surface area contributed by atoms with Gasteiger partial charge in [0.15, 0.2) is 0 Å². The third kappa shape index (κ3) is 9.85. The first-order valence-corrected chi connectivity index (χ1v) is 10.7. The first-order valence-electron chi connectivity index (χ1n) is 10.7. The van der Waals surface area contributed by atoms with E-state index < -0.39 is 0 Å². The fraction of sp³-hybridized carbons (Fsp3) is 0.783. The molecule has 0 aromatic rings. The number of esters is 1. The zero-order valence-electron chi connectivity index (χ0n) is 18.0. The van der Waals surface area contributed by atoms with Crippen LogP contribution in [0.25, 0.3) is 0 Å². The molecule has 0 aromatic heterocycles. The summed E-state index contributed by atoms with van der Waals surface area (Å²) in [4.78, 5) is 11.1. The van der Waals surface area contributed by atoms with Crippen LogP contribution >= 0.6 is 0 Å². The van der Waals surface area contributed by atoms with E-state index in [1.807, 2.05) is 0 Å². The molecule has 1 saturated carbocycles. The lowest BCUT2D eigenvalue weighted by Crippen LogP contribution is -2.21. The van der Waals surface area contributed by atoms with Crippen molar-refractivity contribution in [3.63, 3.8) is 0 Å². The molecule has 5 heteroatoms. The lowest BCUT2D eigenvalue weighted by atomic mass is 9.89. The van der Waals surface area contributed by atoms with Gasteiger partial charge in [-0.15, -0.1) is 0 Å². The molecular formula is C23H40O5. The molecule has 0 radical (unpaired) electrons. The van der Waals surface area contributed by atoms with Crippen LogP contribution in [0.2, 0.25) is 0 Å². The fourth-order valence-electron chi connectivity index (χ4n) is 3.89. The fourth-order valence-corrected chi connectivity index (χ4v) is 3.89. The van der Waals surface area contributed by atoms with E-state index in [1.54, 1.807) is 14.2 Å². The molecule has 0 aromatic carbocycles. The highest BCUT2D eigenvalue weighted by Crippen LogP contribution is 2.38. The van der Waals surface area contributed by atoms with Crippen LogP contribution in [-0.4, -0.2) is 51.2 Å². The van der Waals surface area contributed by atoms with Crippen molar-refractivity contribution in [3.8, 4) is 0 Å². The molecular weight excluding hydrogens is 356 g/mol. The molecule has 1 unspecified atom stereocenters. The van der Waals surface area contributed by atoms with E-state index >= 15 is 0 Å². The third-order valence-electron chi connectivity index (χ3n) is 5.58. The Morgan fingerprint density at radius 2 is 1.75 bits per heavy atom.